The van der Waals surface area contributed by atoms with E-state index in [0.29, 0.717) is 26.2 Å². The van der Waals surface area contributed by atoms with Crippen molar-refractivity contribution in [2.24, 2.45) is 0 Å². The van der Waals surface area contributed by atoms with Gasteiger partial charge in [0.2, 0.25) is 5.43 Å². The van der Waals surface area contributed by atoms with E-state index in [1.807, 2.05) is 6.92 Å². The van der Waals surface area contributed by atoms with Crippen LogP contribution >= 0.6 is 0 Å². The number of carboxylic acid groups (broad SMARTS) is 1. The van der Waals surface area contributed by atoms with E-state index in [1.165, 1.54) is 13.3 Å². The zero-order chi connectivity index (χ0) is 16.7. The standard InChI is InChI=1S/C15H18N2O6/c1-3-16-9-4-5-23-7-10(9)17-6-8(15(20)21)12(18)13(22-2)11(17)14(16)19/h6,9-10H,3-5,7H2,1-2H3,(H,20,21). The van der Waals surface area contributed by atoms with Crippen molar-refractivity contribution in [3.05, 3.63) is 27.7 Å². The van der Waals surface area contributed by atoms with Crippen LogP contribution < -0.4 is 10.2 Å². The van der Waals surface area contributed by atoms with E-state index < -0.39 is 17.0 Å². The molecule has 1 fully saturated rings. The molecule has 23 heavy (non-hydrogen) atoms. The predicted molar refractivity (Wildman–Crippen MR) is 79.2 cm³/mol. The van der Waals surface area contributed by atoms with Gasteiger partial charge in [-0.25, -0.2) is 4.79 Å². The minimum Gasteiger partial charge on any atom is -0.491 e. The van der Waals surface area contributed by atoms with Crippen molar-refractivity contribution in [1.82, 2.24) is 9.47 Å². The van der Waals surface area contributed by atoms with Gasteiger partial charge >= 0.3 is 5.97 Å². The quantitative estimate of drug-likeness (QED) is 0.863. The summed E-state index contributed by atoms with van der Waals surface area (Å²) in [5, 5.41) is 9.25. The van der Waals surface area contributed by atoms with Crippen LogP contribution in [0.4, 0.5) is 0 Å². The summed E-state index contributed by atoms with van der Waals surface area (Å²) in [6.45, 7) is 3.27. The fourth-order valence-corrected chi connectivity index (χ4v) is 3.43. The molecule has 2 atom stereocenters. The molecule has 0 bridgehead atoms. The number of ether oxygens (including phenoxy) is 2. The van der Waals surface area contributed by atoms with Gasteiger partial charge < -0.3 is 24.0 Å². The normalized spacial score (nSPS) is 23.2. The summed E-state index contributed by atoms with van der Waals surface area (Å²) in [6, 6.07) is -0.313. The number of carbonyl (C=O) groups is 2. The fourth-order valence-electron chi connectivity index (χ4n) is 3.43. The highest BCUT2D eigenvalue weighted by Crippen LogP contribution is 2.34. The number of aromatic nitrogens is 1. The van der Waals surface area contributed by atoms with Crippen molar-refractivity contribution in [2.45, 2.75) is 25.4 Å². The van der Waals surface area contributed by atoms with Crippen LogP contribution in [0, 0.1) is 0 Å². The van der Waals surface area contributed by atoms with Crippen molar-refractivity contribution >= 4 is 11.9 Å². The summed E-state index contributed by atoms with van der Waals surface area (Å²) in [5.74, 6) is -1.89. The van der Waals surface area contributed by atoms with Crippen LogP contribution in [0.2, 0.25) is 0 Å². The summed E-state index contributed by atoms with van der Waals surface area (Å²) in [4.78, 5) is 38.1. The molecule has 1 aromatic heterocycles. The number of carboxylic acids is 1. The highest BCUT2D eigenvalue weighted by Gasteiger charge is 2.43. The molecule has 0 aromatic carbocycles. The highest BCUT2D eigenvalue weighted by atomic mass is 16.5. The Hall–Kier alpha value is -2.35. The second-order valence-corrected chi connectivity index (χ2v) is 5.56. The van der Waals surface area contributed by atoms with E-state index in [4.69, 9.17) is 9.47 Å². The lowest BCUT2D eigenvalue weighted by molar-refractivity contribution is -0.0135. The summed E-state index contributed by atoms with van der Waals surface area (Å²) in [6.07, 6.45) is 1.90. The van der Waals surface area contributed by atoms with Gasteiger partial charge in [0, 0.05) is 19.3 Å². The molecule has 2 aliphatic rings. The van der Waals surface area contributed by atoms with E-state index in [2.05, 4.69) is 0 Å². The van der Waals surface area contributed by atoms with Gasteiger partial charge in [-0.2, -0.15) is 0 Å². The molecule has 3 rings (SSSR count). The molecule has 2 unspecified atom stereocenters. The largest absolute Gasteiger partial charge is 0.491 e. The van der Waals surface area contributed by atoms with Gasteiger partial charge in [0.25, 0.3) is 5.91 Å². The Morgan fingerprint density at radius 1 is 1.43 bits per heavy atom. The third kappa shape index (κ3) is 2.21. The molecule has 0 aliphatic carbocycles. The molecule has 0 spiro atoms. The van der Waals surface area contributed by atoms with Crippen LogP contribution in [0.3, 0.4) is 0 Å². The number of likely N-dealkylation sites (N-methyl/N-ethyl adjacent to an activating group) is 1. The summed E-state index contributed by atoms with van der Waals surface area (Å²) < 4.78 is 12.1. The maximum Gasteiger partial charge on any atom is 0.341 e. The summed E-state index contributed by atoms with van der Waals surface area (Å²) in [7, 11) is 1.26. The minimum atomic E-state index is -1.35. The zero-order valence-corrected chi connectivity index (χ0v) is 12.9. The Balaban J connectivity index is 2.29. The molecule has 8 nitrogen and oxygen atoms in total. The lowest BCUT2D eigenvalue weighted by atomic mass is 9.96. The molecule has 8 heteroatoms. The van der Waals surface area contributed by atoms with Crippen LogP contribution in [0.15, 0.2) is 11.0 Å². The van der Waals surface area contributed by atoms with Gasteiger partial charge in [-0.1, -0.05) is 0 Å². The van der Waals surface area contributed by atoms with Gasteiger partial charge in [0.1, 0.15) is 5.56 Å². The Kier molecular flexibility index (Phi) is 3.85. The second kappa shape index (κ2) is 5.69. The van der Waals surface area contributed by atoms with E-state index >= 15 is 0 Å². The lowest BCUT2D eigenvalue weighted by Gasteiger charge is -2.45. The molecule has 1 aromatic rings. The average molecular weight is 322 g/mol. The van der Waals surface area contributed by atoms with E-state index in [9.17, 15) is 19.5 Å². The molecule has 2 aliphatic heterocycles. The van der Waals surface area contributed by atoms with E-state index in [-0.39, 0.29) is 29.4 Å². The molecular formula is C15H18N2O6. The first-order valence-electron chi connectivity index (χ1n) is 7.46. The number of hydrogen-bond donors (Lipinski definition) is 1. The molecule has 1 amide bonds. The third-order valence-corrected chi connectivity index (χ3v) is 4.48. The number of amides is 1. The number of hydrogen-bond acceptors (Lipinski definition) is 5. The van der Waals surface area contributed by atoms with Crippen LogP contribution in [-0.2, 0) is 4.74 Å². The smallest absolute Gasteiger partial charge is 0.341 e. The van der Waals surface area contributed by atoms with E-state index in [1.54, 1.807) is 9.47 Å². The molecule has 124 valence electrons. The molecule has 1 saturated heterocycles. The van der Waals surface area contributed by atoms with Gasteiger partial charge in [-0.3, -0.25) is 9.59 Å². The molecule has 1 N–H and O–H groups in total. The highest BCUT2D eigenvalue weighted by molar-refractivity contribution is 5.98. The minimum absolute atomic E-state index is 0.0809. The van der Waals surface area contributed by atoms with Crippen molar-refractivity contribution in [2.75, 3.05) is 26.9 Å². The first-order chi connectivity index (χ1) is 11.0. The Morgan fingerprint density at radius 3 is 2.78 bits per heavy atom. The molecular weight excluding hydrogens is 304 g/mol. The van der Waals surface area contributed by atoms with Gasteiger partial charge in [-0.05, 0) is 13.3 Å². The Morgan fingerprint density at radius 2 is 2.17 bits per heavy atom. The Labute approximate surface area is 132 Å². The maximum absolute atomic E-state index is 12.8. The van der Waals surface area contributed by atoms with Gasteiger partial charge in [0.05, 0.1) is 25.8 Å². The first kappa shape index (κ1) is 15.5. The molecule has 0 saturated carbocycles. The number of rotatable bonds is 3. The van der Waals surface area contributed by atoms with Gasteiger partial charge in [-0.15, -0.1) is 0 Å². The van der Waals surface area contributed by atoms with Crippen molar-refractivity contribution in [1.29, 1.82) is 0 Å². The number of pyridine rings is 1. The van der Waals surface area contributed by atoms with Crippen LogP contribution in [-0.4, -0.2) is 59.4 Å². The number of nitrogens with zero attached hydrogens (tertiary/aromatic N) is 2. The number of carbonyl (C=O) groups excluding carboxylic acids is 1. The predicted octanol–water partition coefficient (Wildman–Crippen LogP) is 0.361. The van der Waals surface area contributed by atoms with Crippen molar-refractivity contribution in [3.8, 4) is 5.75 Å². The Bertz CT molecular complexity index is 725. The van der Waals surface area contributed by atoms with Gasteiger partial charge in [0.15, 0.2) is 11.4 Å². The van der Waals surface area contributed by atoms with Crippen LogP contribution in [0.25, 0.3) is 0 Å². The van der Waals surface area contributed by atoms with Crippen LogP contribution in [0.1, 0.15) is 40.2 Å². The number of fused-ring (bicyclic) bond motifs is 3. The molecule has 3 heterocycles. The summed E-state index contributed by atoms with van der Waals surface area (Å²) in [5.41, 5.74) is -1.10. The number of aromatic carboxylic acids is 1. The van der Waals surface area contributed by atoms with Crippen molar-refractivity contribution in [3.63, 3.8) is 0 Å². The second-order valence-electron chi connectivity index (χ2n) is 5.56. The fraction of sp³-hybridized carbons (Fsp3) is 0.533. The maximum atomic E-state index is 12.8. The van der Waals surface area contributed by atoms with E-state index in [0.717, 1.165) is 0 Å². The molecule has 0 radical (unpaired) electrons. The zero-order valence-electron chi connectivity index (χ0n) is 12.9. The number of methoxy groups -OCH3 is 1. The lowest BCUT2D eigenvalue weighted by Crippen LogP contribution is -2.55. The monoisotopic (exact) mass is 322 g/mol. The topological polar surface area (TPSA) is 98.1 Å². The first-order valence-corrected chi connectivity index (χ1v) is 7.46. The SMILES string of the molecule is CCN1C(=O)c2c(OC)c(=O)c(C(=O)O)cn2C2COCCC21. The van der Waals surface area contributed by atoms with Crippen LogP contribution in [0.5, 0.6) is 5.75 Å². The average Bonchev–Trinajstić information content (AvgIpc) is 2.54. The van der Waals surface area contributed by atoms with Crippen molar-refractivity contribution < 1.29 is 24.2 Å². The third-order valence-electron chi connectivity index (χ3n) is 4.48. The summed E-state index contributed by atoms with van der Waals surface area (Å²) >= 11 is 0.